The maximum Gasteiger partial charge on any atom is 0.301 e. The van der Waals surface area contributed by atoms with E-state index in [1.54, 1.807) is 19.9 Å². The number of hydrogen-bond acceptors (Lipinski definition) is 5. The zero-order valence-electron chi connectivity index (χ0n) is 16.3. The highest BCUT2D eigenvalue weighted by Crippen LogP contribution is 2.41. The summed E-state index contributed by atoms with van der Waals surface area (Å²) < 4.78 is 36.1. The fourth-order valence-corrected chi connectivity index (χ4v) is 5.38. The van der Waals surface area contributed by atoms with Crippen molar-refractivity contribution in [2.75, 3.05) is 6.61 Å². The number of rotatable bonds is 5. The Labute approximate surface area is 166 Å². The Kier molecular flexibility index (Phi) is 5.76. The zero-order valence-corrected chi connectivity index (χ0v) is 17.1. The minimum Gasteiger partial charge on any atom is -0.457 e. The molecule has 6 nitrogen and oxygen atoms in total. The second-order valence-electron chi connectivity index (χ2n) is 7.47. The van der Waals surface area contributed by atoms with Crippen LogP contribution in [0.4, 0.5) is 0 Å². The van der Waals surface area contributed by atoms with E-state index in [2.05, 4.69) is 9.71 Å². The molecule has 3 rings (SSSR count). The summed E-state index contributed by atoms with van der Waals surface area (Å²) in [4.78, 5) is 0. The van der Waals surface area contributed by atoms with Gasteiger partial charge in [-0.25, -0.2) is 8.42 Å². The quantitative estimate of drug-likeness (QED) is 0.802. The number of nitrogens with zero attached hydrogens (tertiary/aromatic N) is 1. The van der Waals surface area contributed by atoms with Crippen LogP contribution in [0, 0.1) is 6.92 Å². The highest BCUT2D eigenvalue weighted by molar-refractivity contribution is 7.90. The Balaban J connectivity index is 1.96. The molecular weight excluding hydrogens is 376 g/mol. The van der Waals surface area contributed by atoms with Crippen LogP contribution in [-0.2, 0) is 14.8 Å². The van der Waals surface area contributed by atoms with Crippen LogP contribution < -0.4 is 5.32 Å². The molecule has 0 saturated carbocycles. The van der Waals surface area contributed by atoms with Gasteiger partial charge in [0.1, 0.15) is 10.9 Å². The van der Waals surface area contributed by atoms with Crippen LogP contribution in [0.5, 0.6) is 0 Å². The third-order valence-electron chi connectivity index (χ3n) is 4.89. The van der Waals surface area contributed by atoms with E-state index in [0.29, 0.717) is 12.0 Å². The highest BCUT2D eigenvalue weighted by atomic mass is 32.2. The molecule has 1 aliphatic rings. The lowest BCUT2D eigenvalue weighted by Crippen LogP contribution is -2.47. The number of benzene rings is 2. The Hall–Kier alpha value is -2.38. The highest BCUT2D eigenvalue weighted by Gasteiger charge is 2.48. The van der Waals surface area contributed by atoms with E-state index in [1.807, 2.05) is 55.5 Å². The molecule has 0 saturated heterocycles. The summed E-state index contributed by atoms with van der Waals surface area (Å²) in [7, 11) is -3.86. The molecule has 0 fully saturated rings. The Bertz CT molecular complexity index is 955. The maximum absolute atomic E-state index is 13.1. The lowest BCUT2D eigenvalue weighted by Gasteiger charge is -2.38. The van der Waals surface area contributed by atoms with Crippen molar-refractivity contribution in [2.45, 2.75) is 44.1 Å². The van der Waals surface area contributed by atoms with Crippen molar-refractivity contribution >= 4 is 16.0 Å². The largest absolute Gasteiger partial charge is 0.457 e. The smallest absolute Gasteiger partial charge is 0.301 e. The van der Waals surface area contributed by atoms with Crippen molar-refractivity contribution in [1.82, 2.24) is 5.32 Å². The first-order chi connectivity index (χ1) is 13.2. The summed E-state index contributed by atoms with van der Waals surface area (Å²) >= 11 is 0. The van der Waals surface area contributed by atoms with E-state index in [4.69, 9.17) is 4.74 Å². The first-order valence-electron chi connectivity index (χ1n) is 9.25. The number of aliphatic hydroxyl groups excluding tert-OH is 1. The third kappa shape index (κ3) is 4.20. The summed E-state index contributed by atoms with van der Waals surface area (Å²) in [5.74, 6) is 0. The van der Waals surface area contributed by atoms with Crippen molar-refractivity contribution in [2.24, 2.45) is 4.40 Å². The molecule has 28 heavy (non-hydrogen) atoms. The van der Waals surface area contributed by atoms with Gasteiger partial charge in [-0.1, -0.05) is 54.6 Å². The van der Waals surface area contributed by atoms with Crippen LogP contribution in [0.25, 0.3) is 0 Å². The fraction of sp³-hybridized carbons (Fsp3) is 0.381. The molecular formula is C21H26N2O4S. The van der Waals surface area contributed by atoms with Crippen LogP contribution in [0.3, 0.4) is 0 Å². The van der Waals surface area contributed by atoms with Gasteiger partial charge < -0.3 is 15.2 Å². The van der Waals surface area contributed by atoms with E-state index in [-0.39, 0.29) is 18.7 Å². The second kappa shape index (κ2) is 7.93. The Morgan fingerprint density at radius 3 is 2.39 bits per heavy atom. The minimum atomic E-state index is -3.86. The Morgan fingerprint density at radius 2 is 1.79 bits per heavy atom. The van der Waals surface area contributed by atoms with Crippen molar-refractivity contribution in [1.29, 1.82) is 0 Å². The number of aryl methyl sites for hydroxylation is 1. The number of sulfonamides is 1. The van der Waals surface area contributed by atoms with Gasteiger partial charge in [-0.05, 0) is 43.9 Å². The van der Waals surface area contributed by atoms with Gasteiger partial charge in [-0.2, -0.15) is 0 Å². The Morgan fingerprint density at radius 1 is 1.14 bits per heavy atom. The van der Waals surface area contributed by atoms with Gasteiger partial charge in [0.05, 0.1) is 6.04 Å². The molecule has 150 valence electrons. The fourth-order valence-electron chi connectivity index (χ4n) is 3.61. The van der Waals surface area contributed by atoms with Crippen LogP contribution >= 0.6 is 0 Å². The van der Waals surface area contributed by atoms with E-state index in [1.165, 1.54) is 0 Å². The van der Waals surface area contributed by atoms with Gasteiger partial charge in [-0.15, -0.1) is 4.40 Å². The molecule has 1 heterocycles. The molecule has 0 amide bonds. The van der Waals surface area contributed by atoms with Gasteiger partial charge >= 0.3 is 6.02 Å². The van der Waals surface area contributed by atoms with Crippen LogP contribution in [0.2, 0.25) is 0 Å². The summed E-state index contributed by atoms with van der Waals surface area (Å²) in [6.45, 7) is 5.33. The van der Waals surface area contributed by atoms with Gasteiger partial charge in [0.25, 0.3) is 10.0 Å². The number of ether oxygens (including phenoxy) is 1. The number of nitrogens with one attached hydrogen (secondary N) is 1. The molecule has 2 N–H and O–H groups in total. The lowest BCUT2D eigenvalue weighted by molar-refractivity contribution is 0.0758. The van der Waals surface area contributed by atoms with Crippen LogP contribution in [-0.4, -0.2) is 31.8 Å². The first-order valence-corrected chi connectivity index (χ1v) is 10.8. The molecule has 2 aromatic rings. The molecule has 0 spiro atoms. The molecule has 0 aliphatic carbocycles. The molecule has 1 aliphatic heterocycles. The molecule has 0 aromatic heterocycles. The third-order valence-corrected chi connectivity index (χ3v) is 6.73. The molecule has 1 unspecified atom stereocenters. The summed E-state index contributed by atoms with van der Waals surface area (Å²) in [6.07, 6.45) is 0.397. The maximum atomic E-state index is 13.1. The average Bonchev–Trinajstić information content (AvgIpc) is 2.62. The molecule has 7 heteroatoms. The summed E-state index contributed by atoms with van der Waals surface area (Å²) in [6, 6.07) is 16.5. The average molecular weight is 403 g/mol. The normalized spacial score (nSPS) is 21.3. The number of hydrogen-bond donors (Lipinski definition) is 2. The summed E-state index contributed by atoms with van der Waals surface area (Å²) in [5.41, 5.74) is 1.46. The van der Waals surface area contributed by atoms with Crippen LogP contribution in [0.15, 0.2) is 59.0 Å². The topological polar surface area (TPSA) is 88.0 Å². The van der Waals surface area contributed by atoms with Crippen molar-refractivity contribution < 1.29 is 18.3 Å². The first kappa shape index (κ1) is 20.4. The summed E-state index contributed by atoms with van der Waals surface area (Å²) in [5, 5.41) is 11.6. The standard InChI is InChI=1S/C21H26N2O4S/c1-15-9-7-8-12-17(15)19-21(2,3)27-20(23-28(19,25)26)22-18(13-14-24)16-10-5-4-6-11-16/h4-12,18-19,24H,13-14H2,1-3H3,(H,22,23)/t18-,19?/m0/s1. The van der Waals surface area contributed by atoms with Gasteiger partial charge in [-0.3, -0.25) is 0 Å². The predicted molar refractivity (Wildman–Crippen MR) is 109 cm³/mol. The minimum absolute atomic E-state index is 0.0443. The van der Waals surface area contributed by atoms with Gasteiger partial charge in [0, 0.05) is 6.61 Å². The second-order valence-corrected chi connectivity index (χ2v) is 9.16. The number of aliphatic hydroxyl groups is 1. The SMILES string of the molecule is Cc1ccccc1C1C(C)(C)OC(N[C@@H](CCO)c2ccccc2)=NS1(=O)=O. The predicted octanol–water partition coefficient (Wildman–Crippen LogP) is 3.24. The van der Waals surface area contributed by atoms with Crippen molar-refractivity contribution in [3.8, 4) is 0 Å². The molecule has 0 bridgehead atoms. The monoisotopic (exact) mass is 402 g/mol. The van der Waals surface area contributed by atoms with Crippen molar-refractivity contribution in [3.63, 3.8) is 0 Å². The molecule has 2 atom stereocenters. The van der Waals surface area contributed by atoms with Gasteiger partial charge in [0.15, 0.2) is 0 Å². The molecule has 0 radical (unpaired) electrons. The van der Waals surface area contributed by atoms with Crippen LogP contribution in [0.1, 0.15) is 48.3 Å². The molecule has 2 aromatic carbocycles. The van der Waals surface area contributed by atoms with Gasteiger partial charge in [0.2, 0.25) is 0 Å². The van der Waals surface area contributed by atoms with Crippen molar-refractivity contribution in [3.05, 3.63) is 71.3 Å². The lowest BCUT2D eigenvalue weighted by atomic mass is 9.94. The van der Waals surface area contributed by atoms with E-state index >= 15 is 0 Å². The van der Waals surface area contributed by atoms with E-state index in [9.17, 15) is 13.5 Å². The zero-order chi connectivity index (χ0) is 20.4. The van der Waals surface area contributed by atoms with E-state index in [0.717, 1.165) is 11.1 Å². The van der Waals surface area contributed by atoms with E-state index < -0.39 is 20.9 Å². The number of amidine groups is 1.